The fourth-order valence-electron chi connectivity index (χ4n) is 3.87. The van der Waals surface area contributed by atoms with E-state index in [1.807, 2.05) is 13.8 Å². The minimum Gasteiger partial charge on any atom is -0.497 e. The van der Waals surface area contributed by atoms with Gasteiger partial charge in [-0.05, 0) is 80.4 Å². The molecule has 1 N–H and O–H groups in total. The maximum atomic E-state index is 13.9. The summed E-state index contributed by atoms with van der Waals surface area (Å²) >= 11 is 12.2. The average molecular weight is 607 g/mol. The Morgan fingerprint density at radius 2 is 1.60 bits per heavy atom. The maximum absolute atomic E-state index is 13.9. The van der Waals surface area contributed by atoms with Crippen LogP contribution in [0.2, 0.25) is 10.0 Å². The first-order valence-electron chi connectivity index (χ1n) is 12.7. The summed E-state index contributed by atoms with van der Waals surface area (Å²) in [6.45, 7) is 4.94. The highest BCUT2D eigenvalue weighted by Crippen LogP contribution is 2.28. The van der Waals surface area contributed by atoms with Crippen molar-refractivity contribution < 1.29 is 22.7 Å². The van der Waals surface area contributed by atoms with Gasteiger partial charge in [0.25, 0.3) is 10.0 Å². The van der Waals surface area contributed by atoms with E-state index in [4.69, 9.17) is 27.9 Å². The molecule has 0 saturated heterocycles. The number of nitrogens with one attached hydrogen (secondary N) is 1. The maximum Gasteiger partial charge on any atom is 0.264 e. The van der Waals surface area contributed by atoms with Crippen LogP contribution < -0.4 is 14.4 Å². The molecule has 0 unspecified atom stereocenters. The van der Waals surface area contributed by atoms with Crippen LogP contribution in [0.4, 0.5) is 5.69 Å². The van der Waals surface area contributed by atoms with Gasteiger partial charge in [-0.2, -0.15) is 0 Å². The SMILES string of the molecule is CC[C@@H](C)NC(=O)[C@H](C)N(Cc1ccc(Cl)cc1)C(=O)CN(c1cccc(Cl)c1)S(=O)(=O)c1ccc(OC)cc1. The third-order valence-corrected chi connectivity index (χ3v) is 8.73. The van der Waals surface area contributed by atoms with E-state index in [1.54, 1.807) is 49.4 Å². The molecule has 11 heteroatoms. The van der Waals surface area contributed by atoms with Crippen molar-refractivity contribution >= 4 is 50.7 Å². The number of hydrogen-bond acceptors (Lipinski definition) is 5. The van der Waals surface area contributed by atoms with Crippen LogP contribution in [0, 0.1) is 0 Å². The zero-order valence-corrected chi connectivity index (χ0v) is 25.1. The normalized spacial score (nSPS) is 12.8. The van der Waals surface area contributed by atoms with Crippen LogP contribution in [0.25, 0.3) is 0 Å². The second-order valence-corrected chi connectivity index (χ2v) is 12.0. The molecule has 0 aliphatic heterocycles. The Bertz CT molecular complexity index is 1420. The van der Waals surface area contributed by atoms with Crippen LogP contribution in [0.5, 0.6) is 5.75 Å². The molecule has 0 aliphatic rings. The molecule has 0 bridgehead atoms. The van der Waals surface area contributed by atoms with Gasteiger partial charge in [0.05, 0.1) is 17.7 Å². The zero-order chi connectivity index (χ0) is 29.4. The fourth-order valence-corrected chi connectivity index (χ4v) is 5.59. The molecule has 0 heterocycles. The van der Waals surface area contributed by atoms with Crippen LogP contribution in [0.3, 0.4) is 0 Å². The van der Waals surface area contributed by atoms with Gasteiger partial charge in [-0.3, -0.25) is 13.9 Å². The number of halogens is 2. The summed E-state index contributed by atoms with van der Waals surface area (Å²) in [5.74, 6) is -0.428. The molecule has 0 radical (unpaired) electrons. The molecule has 3 aromatic rings. The fraction of sp³-hybridized carbons (Fsp3) is 0.310. The molecule has 214 valence electrons. The Labute approximate surface area is 245 Å². The molecule has 2 amide bonds. The van der Waals surface area contributed by atoms with Crippen molar-refractivity contribution in [1.29, 1.82) is 0 Å². The van der Waals surface area contributed by atoms with Gasteiger partial charge in [0, 0.05) is 22.6 Å². The lowest BCUT2D eigenvalue weighted by Crippen LogP contribution is -2.52. The number of methoxy groups -OCH3 is 1. The number of amides is 2. The van der Waals surface area contributed by atoms with Gasteiger partial charge < -0.3 is 15.0 Å². The number of anilines is 1. The standard InChI is InChI=1S/C29H33Cl2N3O5S/c1-5-20(2)32-29(36)21(3)33(18-22-9-11-23(30)12-10-22)28(35)19-34(25-8-6-7-24(31)17-25)40(37,38)27-15-13-26(39-4)14-16-27/h6-17,20-21H,5,18-19H2,1-4H3,(H,32,36)/t20-,21+/m1/s1. The number of hydrogen-bond donors (Lipinski definition) is 1. The van der Waals surface area contributed by atoms with E-state index in [0.29, 0.717) is 22.2 Å². The van der Waals surface area contributed by atoms with Crippen molar-refractivity contribution in [3.05, 3.63) is 88.4 Å². The number of carbonyl (C=O) groups excluding carboxylic acids is 2. The molecule has 3 aromatic carbocycles. The van der Waals surface area contributed by atoms with E-state index >= 15 is 0 Å². The number of nitrogens with zero attached hydrogens (tertiary/aromatic N) is 2. The topological polar surface area (TPSA) is 96.0 Å². The van der Waals surface area contributed by atoms with Crippen LogP contribution in [0.1, 0.15) is 32.8 Å². The lowest BCUT2D eigenvalue weighted by atomic mass is 10.1. The molecule has 0 fully saturated rings. The summed E-state index contributed by atoms with van der Waals surface area (Å²) in [4.78, 5) is 28.3. The van der Waals surface area contributed by atoms with Gasteiger partial charge in [0.1, 0.15) is 18.3 Å². The lowest BCUT2D eigenvalue weighted by molar-refractivity contribution is -0.139. The van der Waals surface area contributed by atoms with E-state index < -0.39 is 28.5 Å². The Balaban J connectivity index is 2.02. The predicted molar refractivity (Wildman–Crippen MR) is 158 cm³/mol. The Morgan fingerprint density at radius 1 is 0.950 bits per heavy atom. The van der Waals surface area contributed by atoms with E-state index in [1.165, 1.54) is 42.3 Å². The third kappa shape index (κ3) is 7.90. The molecular weight excluding hydrogens is 573 g/mol. The van der Waals surface area contributed by atoms with E-state index in [9.17, 15) is 18.0 Å². The summed E-state index contributed by atoms with van der Waals surface area (Å²) in [5.41, 5.74) is 0.938. The van der Waals surface area contributed by atoms with Gasteiger partial charge in [-0.1, -0.05) is 48.3 Å². The summed E-state index contributed by atoms with van der Waals surface area (Å²) in [5, 5.41) is 3.74. The van der Waals surface area contributed by atoms with Gasteiger partial charge in [0.15, 0.2) is 0 Å². The largest absolute Gasteiger partial charge is 0.497 e. The first-order valence-corrected chi connectivity index (χ1v) is 14.9. The molecule has 2 atom stereocenters. The number of ether oxygens (including phenoxy) is 1. The zero-order valence-electron chi connectivity index (χ0n) is 22.8. The van der Waals surface area contributed by atoms with Crippen molar-refractivity contribution in [3.63, 3.8) is 0 Å². The second kappa shape index (κ2) is 13.9. The second-order valence-electron chi connectivity index (χ2n) is 9.31. The number of rotatable bonds is 12. The molecule has 0 aliphatic carbocycles. The van der Waals surface area contributed by atoms with Gasteiger partial charge in [-0.15, -0.1) is 0 Å². The molecular formula is C29H33Cl2N3O5S. The minimum absolute atomic E-state index is 0.0344. The van der Waals surface area contributed by atoms with Gasteiger partial charge in [-0.25, -0.2) is 8.42 Å². The van der Waals surface area contributed by atoms with Crippen molar-refractivity contribution in [2.45, 2.75) is 50.7 Å². The molecule has 0 saturated carbocycles. The molecule has 0 spiro atoms. The highest BCUT2D eigenvalue weighted by Gasteiger charge is 2.33. The lowest BCUT2D eigenvalue weighted by Gasteiger charge is -2.32. The number of sulfonamides is 1. The summed E-state index contributed by atoms with van der Waals surface area (Å²) in [7, 11) is -2.74. The van der Waals surface area contributed by atoms with Crippen molar-refractivity contribution in [3.8, 4) is 5.75 Å². The highest BCUT2D eigenvalue weighted by atomic mass is 35.5. The van der Waals surface area contributed by atoms with Crippen molar-refractivity contribution in [2.24, 2.45) is 0 Å². The predicted octanol–water partition coefficient (Wildman–Crippen LogP) is 5.53. The smallest absolute Gasteiger partial charge is 0.264 e. The van der Waals surface area contributed by atoms with Crippen LogP contribution in [0.15, 0.2) is 77.7 Å². The molecule has 8 nitrogen and oxygen atoms in total. The molecule has 0 aromatic heterocycles. The molecule has 3 rings (SSSR count). The Kier molecular flexibility index (Phi) is 10.8. The van der Waals surface area contributed by atoms with Gasteiger partial charge in [0.2, 0.25) is 11.8 Å². The first-order chi connectivity index (χ1) is 19.0. The number of benzene rings is 3. The van der Waals surface area contributed by atoms with Crippen LogP contribution in [-0.2, 0) is 26.2 Å². The van der Waals surface area contributed by atoms with E-state index in [-0.39, 0.29) is 29.1 Å². The quantitative estimate of drug-likeness (QED) is 0.293. The Morgan fingerprint density at radius 3 is 2.17 bits per heavy atom. The van der Waals surface area contributed by atoms with E-state index in [0.717, 1.165) is 9.87 Å². The molecule has 40 heavy (non-hydrogen) atoms. The number of carbonyl (C=O) groups is 2. The van der Waals surface area contributed by atoms with Gasteiger partial charge >= 0.3 is 0 Å². The summed E-state index contributed by atoms with van der Waals surface area (Å²) in [6, 6.07) is 18.0. The highest BCUT2D eigenvalue weighted by molar-refractivity contribution is 7.92. The van der Waals surface area contributed by atoms with Crippen molar-refractivity contribution in [2.75, 3.05) is 18.0 Å². The minimum atomic E-state index is -4.22. The monoisotopic (exact) mass is 605 g/mol. The summed E-state index contributed by atoms with van der Waals surface area (Å²) in [6.07, 6.45) is 0.715. The summed E-state index contributed by atoms with van der Waals surface area (Å²) < 4.78 is 33.9. The van der Waals surface area contributed by atoms with Crippen LogP contribution in [-0.4, -0.2) is 50.9 Å². The average Bonchev–Trinajstić information content (AvgIpc) is 2.94. The van der Waals surface area contributed by atoms with E-state index in [2.05, 4.69) is 5.32 Å². The van der Waals surface area contributed by atoms with Crippen molar-refractivity contribution in [1.82, 2.24) is 10.2 Å². The first kappa shape index (κ1) is 31.3. The third-order valence-electron chi connectivity index (χ3n) is 6.46. The van der Waals surface area contributed by atoms with Crippen LogP contribution >= 0.6 is 23.2 Å². The Hall–Kier alpha value is -3.27.